The fourth-order valence-electron chi connectivity index (χ4n) is 1.35. The molecular formula is C11H10O3S. The fraction of sp³-hybridized carbons (Fsp3) is 0.0909. The van der Waals surface area contributed by atoms with Gasteiger partial charge in [-0.25, -0.2) is 4.21 Å². The number of rotatable bonds is 2. The smallest absolute Gasteiger partial charge is 0.186 e. The topological polar surface area (TPSA) is 50.4 Å². The van der Waals surface area contributed by atoms with Gasteiger partial charge < -0.3 is 8.97 Å². The lowest BCUT2D eigenvalue weighted by molar-refractivity contribution is 0.548. The van der Waals surface area contributed by atoms with Gasteiger partial charge >= 0.3 is 0 Å². The molecular weight excluding hydrogens is 212 g/mol. The number of hydrogen-bond acceptors (Lipinski definition) is 2. The van der Waals surface area contributed by atoms with Crippen molar-refractivity contribution >= 4 is 11.1 Å². The Hall–Kier alpha value is -1.39. The second-order valence-corrected chi connectivity index (χ2v) is 4.16. The van der Waals surface area contributed by atoms with Gasteiger partial charge in [-0.15, -0.1) is 0 Å². The molecule has 0 saturated carbocycles. The zero-order chi connectivity index (χ0) is 10.8. The first-order valence-electron chi connectivity index (χ1n) is 4.44. The molecule has 2 rings (SSSR count). The number of furan rings is 1. The maximum Gasteiger partial charge on any atom is 0.186 e. The third kappa shape index (κ3) is 2.16. The average molecular weight is 222 g/mol. The predicted octanol–water partition coefficient (Wildman–Crippen LogP) is 2.84. The van der Waals surface area contributed by atoms with Crippen molar-refractivity contribution in [3.8, 4) is 11.3 Å². The zero-order valence-electron chi connectivity index (χ0n) is 8.14. The molecule has 4 heteroatoms. The Labute approximate surface area is 90.0 Å². The summed E-state index contributed by atoms with van der Waals surface area (Å²) >= 11 is -1.95. The SMILES string of the molecule is Cc1ccc(-c2cccc(S(=O)O)c2)o1. The lowest BCUT2D eigenvalue weighted by Crippen LogP contribution is -1.87. The van der Waals surface area contributed by atoms with E-state index in [9.17, 15) is 4.21 Å². The Kier molecular flexibility index (Phi) is 2.70. The van der Waals surface area contributed by atoms with Crippen LogP contribution in [0.4, 0.5) is 0 Å². The number of hydrogen-bond donors (Lipinski definition) is 1. The summed E-state index contributed by atoms with van der Waals surface area (Å²) in [6, 6.07) is 10.5. The van der Waals surface area contributed by atoms with Crippen LogP contribution in [0.1, 0.15) is 5.76 Å². The third-order valence-electron chi connectivity index (χ3n) is 2.06. The molecule has 3 nitrogen and oxygen atoms in total. The van der Waals surface area contributed by atoms with Gasteiger partial charge in [0.2, 0.25) is 0 Å². The highest BCUT2D eigenvalue weighted by Crippen LogP contribution is 2.23. The van der Waals surface area contributed by atoms with E-state index >= 15 is 0 Å². The normalized spacial score (nSPS) is 12.7. The Morgan fingerprint density at radius 3 is 2.67 bits per heavy atom. The van der Waals surface area contributed by atoms with E-state index in [1.54, 1.807) is 18.2 Å². The summed E-state index contributed by atoms with van der Waals surface area (Å²) in [7, 11) is 0. The first-order valence-corrected chi connectivity index (χ1v) is 5.55. The van der Waals surface area contributed by atoms with Crippen LogP contribution < -0.4 is 0 Å². The zero-order valence-corrected chi connectivity index (χ0v) is 8.95. The van der Waals surface area contributed by atoms with Crippen molar-refractivity contribution in [1.82, 2.24) is 0 Å². The van der Waals surface area contributed by atoms with Crippen LogP contribution in [-0.4, -0.2) is 8.76 Å². The maximum atomic E-state index is 10.9. The molecule has 1 atom stereocenters. The Morgan fingerprint density at radius 2 is 2.07 bits per heavy atom. The van der Waals surface area contributed by atoms with Gasteiger partial charge in [-0.2, -0.15) is 0 Å². The van der Waals surface area contributed by atoms with Crippen molar-refractivity contribution in [2.24, 2.45) is 0 Å². The summed E-state index contributed by atoms with van der Waals surface area (Å²) in [4.78, 5) is 0.376. The number of benzene rings is 1. The van der Waals surface area contributed by atoms with Crippen LogP contribution in [-0.2, 0) is 11.1 Å². The van der Waals surface area contributed by atoms with Crippen LogP contribution in [0.2, 0.25) is 0 Å². The molecule has 0 aliphatic heterocycles. The van der Waals surface area contributed by atoms with Crippen molar-refractivity contribution in [3.63, 3.8) is 0 Å². The minimum atomic E-state index is -1.95. The molecule has 0 amide bonds. The highest BCUT2D eigenvalue weighted by molar-refractivity contribution is 7.79. The molecule has 0 radical (unpaired) electrons. The van der Waals surface area contributed by atoms with Gasteiger partial charge in [-0.1, -0.05) is 12.1 Å². The summed E-state index contributed by atoms with van der Waals surface area (Å²) < 4.78 is 25.2. The minimum Gasteiger partial charge on any atom is -0.461 e. The Bertz CT molecular complexity index is 502. The molecule has 15 heavy (non-hydrogen) atoms. The Morgan fingerprint density at radius 1 is 1.27 bits per heavy atom. The summed E-state index contributed by atoms with van der Waals surface area (Å²) in [6.45, 7) is 1.86. The summed E-state index contributed by atoms with van der Waals surface area (Å²) in [5.74, 6) is 1.53. The van der Waals surface area contributed by atoms with E-state index in [0.29, 0.717) is 10.7 Å². The van der Waals surface area contributed by atoms with Crippen LogP contribution >= 0.6 is 0 Å². The lowest BCUT2D eigenvalue weighted by Gasteiger charge is -1.99. The van der Waals surface area contributed by atoms with Gasteiger partial charge in [0, 0.05) is 5.56 Å². The second kappa shape index (κ2) is 4.00. The Balaban J connectivity index is 2.45. The minimum absolute atomic E-state index is 0.376. The average Bonchev–Trinajstić information content (AvgIpc) is 2.65. The third-order valence-corrected chi connectivity index (χ3v) is 2.72. The molecule has 0 spiro atoms. The van der Waals surface area contributed by atoms with E-state index in [0.717, 1.165) is 11.3 Å². The van der Waals surface area contributed by atoms with Crippen molar-refractivity contribution < 1.29 is 13.2 Å². The molecule has 1 unspecified atom stereocenters. The molecule has 1 N–H and O–H groups in total. The van der Waals surface area contributed by atoms with E-state index in [-0.39, 0.29) is 0 Å². The van der Waals surface area contributed by atoms with Gasteiger partial charge in [0.25, 0.3) is 0 Å². The van der Waals surface area contributed by atoms with Gasteiger partial charge in [-0.3, -0.25) is 0 Å². The van der Waals surface area contributed by atoms with Crippen molar-refractivity contribution in [2.45, 2.75) is 11.8 Å². The summed E-state index contributed by atoms with van der Waals surface area (Å²) in [6.07, 6.45) is 0. The van der Waals surface area contributed by atoms with Crippen molar-refractivity contribution in [2.75, 3.05) is 0 Å². The van der Waals surface area contributed by atoms with Gasteiger partial charge in [0.05, 0.1) is 4.90 Å². The predicted molar refractivity (Wildman–Crippen MR) is 57.9 cm³/mol. The van der Waals surface area contributed by atoms with E-state index < -0.39 is 11.1 Å². The van der Waals surface area contributed by atoms with Crippen LogP contribution in [0.3, 0.4) is 0 Å². The van der Waals surface area contributed by atoms with E-state index in [1.165, 1.54) is 0 Å². The molecule has 2 aromatic rings. The molecule has 1 heterocycles. The highest BCUT2D eigenvalue weighted by Gasteiger charge is 2.05. The molecule has 78 valence electrons. The molecule has 0 bridgehead atoms. The van der Waals surface area contributed by atoms with E-state index in [1.807, 2.05) is 25.1 Å². The van der Waals surface area contributed by atoms with E-state index in [4.69, 9.17) is 8.97 Å². The first-order chi connectivity index (χ1) is 7.16. The largest absolute Gasteiger partial charge is 0.461 e. The molecule has 1 aromatic carbocycles. The number of aryl methyl sites for hydroxylation is 1. The van der Waals surface area contributed by atoms with Crippen LogP contribution in [0, 0.1) is 6.92 Å². The van der Waals surface area contributed by atoms with Crippen LogP contribution in [0.15, 0.2) is 45.7 Å². The molecule has 1 aromatic heterocycles. The van der Waals surface area contributed by atoms with Crippen molar-refractivity contribution in [3.05, 3.63) is 42.2 Å². The summed E-state index contributed by atoms with van der Waals surface area (Å²) in [5, 5.41) is 0. The quantitative estimate of drug-likeness (QED) is 0.795. The highest BCUT2D eigenvalue weighted by atomic mass is 32.2. The lowest BCUT2D eigenvalue weighted by atomic mass is 10.2. The van der Waals surface area contributed by atoms with Gasteiger partial charge in [0.15, 0.2) is 11.1 Å². The second-order valence-electron chi connectivity index (χ2n) is 3.19. The standard InChI is InChI=1S/C11H10O3S/c1-8-5-6-11(14-8)9-3-2-4-10(7-9)15(12)13/h2-7H,1H3,(H,12,13). The van der Waals surface area contributed by atoms with Gasteiger partial charge in [0.1, 0.15) is 11.5 Å². The maximum absolute atomic E-state index is 10.9. The molecule has 0 saturated heterocycles. The van der Waals surface area contributed by atoms with Crippen LogP contribution in [0.25, 0.3) is 11.3 Å². The van der Waals surface area contributed by atoms with Gasteiger partial charge in [-0.05, 0) is 31.2 Å². The summed E-state index contributed by atoms with van der Waals surface area (Å²) in [5.41, 5.74) is 0.808. The first kappa shape index (κ1) is 10.1. The monoisotopic (exact) mass is 222 g/mol. The molecule has 0 aliphatic carbocycles. The molecule has 0 fully saturated rings. The van der Waals surface area contributed by atoms with Crippen molar-refractivity contribution in [1.29, 1.82) is 0 Å². The van der Waals surface area contributed by atoms with E-state index in [2.05, 4.69) is 0 Å². The molecule has 0 aliphatic rings. The van der Waals surface area contributed by atoms with Crippen LogP contribution in [0.5, 0.6) is 0 Å². The fourth-order valence-corrected chi connectivity index (χ4v) is 1.77.